The number of alkyl halides is 1. The summed E-state index contributed by atoms with van der Waals surface area (Å²) in [6, 6.07) is -0.692. The Morgan fingerprint density at radius 2 is 2.20 bits per heavy atom. The van der Waals surface area contributed by atoms with Gasteiger partial charge in [-0.2, -0.15) is 0 Å². The van der Waals surface area contributed by atoms with E-state index in [4.69, 9.17) is 5.11 Å². The lowest BCUT2D eigenvalue weighted by Crippen LogP contribution is -2.68. The summed E-state index contributed by atoms with van der Waals surface area (Å²) in [4.78, 5) is 46.6. The van der Waals surface area contributed by atoms with Crippen molar-refractivity contribution >= 4 is 51.3 Å². The molecule has 2 atom stereocenters. The summed E-state index contributed by atoms with van der Waals surface area (Å²) in [7, 11) is 0. The van der Waals surface area contributed by atoms with Crippen LogP contribution in [0.5, 0.6) is 0 Å². The highest BCUT2D eigenvalue weighted by atomic mass is 79.9. The van der Waals surface area contributed by atoms with Crippen molar-refractivity contribution in [2.24, 2.45) is 0 Å². The number of nitrogens with zero attached hydrogens (tertiary/aromatic N) is 1. The van der Waals surface area contributed by atoms with Crippen molar-refractivity contribution in [1.29, 1.82) is 0 Å². The van der Waals surface area contributed by atoms with Gasteiger partial charge in [-0.05, 0) is 0 Å². The van der Waals surface area contributed by atoms with E-state index < -0.39 is 17.9 Å². The second-order valence-corrected chi connectivity index (χ2v) is 5.97. The summed E-state index contributed by atoms with van der Waals surface area (Å²) >= 11 is 4.23. The molecule has 1 fully saturated rings. The van der Waals surface area contributed by atoms with Gasteiger partial charge < -0.3 is 15.3 Å². The molecular formula is C11H11BrN2O5S. The molecule has 0 aliphatic carbocycles. The van der Waals surface area contributed by atoms with Crippen molar-refractivity contribution in [3.8, 4) is 0 Å². The van der Waals surface area contributed by atoms with Crippen LogP contribution in [0.1, 0.15) is 6.42 Å². The smallest absolute Gasteiger partial charge is 0.333 e. The summed E-state index contributed by atoms with van der Waals surface area (Å²) in [5.74, 6) is -1.91. The first-order valence-electron chi connectivity index (χ1n) is 5.69. The zero-order valence-corrected chi connectivity index (χ0v) is 12.6. The Bertz CT molecular complexity index is 521. The van der Waals surface area contributed by atoms with Crippen LogP contribution in [0.15, 0.2) is 11.8 Å². The van der Waals surface area contributed by atoms with E-state index in [0.717, 1.165) is 0 Å². The van der Waals surface area contributed by atoms with Gasteiger partial charge in [-0.25, -0.2) is 4.79 Å². The van der Waals surface area contributed by atoms with Crippen LogP contribution in [0.2, 0.25) is 0 Å². The summed E-state index contributed by atoms with van der Waals surface area (Å²) < 4.78 is 0. The summed E-state index contributed by atoms with van der Waals surface area (Å²) in [5.41, 5.74) is 0.152. The van der Waals surface area contributed by atoms with E-state index in [0.29, 0.717) is 0 Å². The van der Waals surface area contributed by atoms with E-state index in [2.05, 4.69) is 21.2 Å². The van der Waals surface area contributed by atoms with Crippen molar-refractivity contribution in [1.82, 2.24) is 10.2 Å². The third kappa shape index (κ3) is 2.88. The van der Waals surface area contributed by atoms with Crippen LogP contribution >= 0.6 is 27.7 Å². The highest BCUT2D eigenvalue weighted by Crippen LogP contribution is 2.36. The molecule has 108 valence electrons. The number of carboxylic acids is 1. The van der Waals surface area contributed by atoms with E-state index in [-0.39, 0.29) is 40.1 Å². The Labute approximate surface area is 126 Å². The summed E-state index contributed by atoms with van der Waals surface area (Å²) in [6.45, 7) is 0. The Morgan fingerprint density at radius 3 is 2.80 bits per heavy atom. The number of halogens is 1. The molecule has 2 aliphatic rings. The molecule has 0 aromatic carbocycles. The van der Waals surface area contributed by atoms with Crippen molar-refractivity contribution < 1.29 is 24.3 Å². The van der Waals surface area contributed by atoms with Gasteiger partial charge in [-0.3, -0.25) is 14.4 Å². The number of carbonyl (C=O) groups is 4. The van der Waals surface area contributed by atoms with Gasteiger partial charge in [0, 0.05) is 12.0 Å². The highest BCUT2D eigenvalue weighted by molar-refractivity contribution is 9.09. The van der Waals surface area contributed by atoms with Gasteiger partial charge in [0.15, 0.2) is 5.78 Å². The Hall–Kier alpha value is -1.35. The molecule has 1 unspecified atom stereocenters. The van der Waals surface area contributed by atoms with Crippen LogP contribution < -0.4 is 5.32 Å². The largest absolute Gasteiger partial charge is 0.478 e. The lowest BCUT2D eigenvalue weighted by atomic mass is 10.1. The minimum atomic E-state index is -1.06. The van der Waals surface area contributed by atoms with E-state index in [1.807, 2.05) is 0 Å². The molecule has 9 heteroatoms. The van der Waals surface area contributed by atoms with Crippen molar-refractivity contribution in [2.45, 2.75) is 17.8 Å². The molecule has 2 rings (SSSR count). The normalized spacial score (nSPS) is 24.4. The lowest BCUT2D eigenvalue weighted by molar-refractivity contribution is -0.145. The maximum Gasteiger partial charge on any atom is 0.333 e. The molecule has 0 spiro atoms. The lowest BCUT2D eigenvalue weighted by Gasteiger charge is -2.46. The number of thioether (sulfide) groups is 1. The minimum Gasteiger partial charge on any atom is -0.478 e. The van der Waals surface area contributed by atoms with Crippen LogP contribution in [0.25, 0.3) is 0 Å². The third-order valence-electron chi connectivity index (χ3n) is 2.88. The van der Waals surface area contributed by atoms with Gasteiger partial charge in [0.25, 0.3) is 5.91 Å². The summed E-state index contributed by atoms with van der Waals surface area (Å²) in [6.07, 6.45) is 1.03. The zero-order chi connectivity index (χ0) is 14.9. The van der Waals surface area contributed by atoms with E-state index in [1.165, 1.54) is 22.9 Å². The number of carbonyl (C=O) groups excluding carboxylic acids is 3. The highest BCUT2D eigenvalue weighted by Gasteiger charge is 2.49. The topological polar surface area (TPSA) is 104 Å². The van der Waals surface area contributed by atoms with Gasteiger partial charge in [-0.15, -0.1) is 11.8 Å². The van der Waals surface area contributed by atoms with Crippen LogP contribution in [-0.2, 0) is 19.2 Å². The average Bonchev–Trinajstić information content (AvgIpc) is 2.43. The molecule has 0 radical (unpaired) electrons. The number of aliphatic carboxylic acids is 1. The van der Waals surface area contributed by atoms with Gasteiger partial charge in [0.05, 0.1) is 17.3 Å². The first kappa shape index (κ1) is 15.0. The van der Waals surface area contributed by atoms with Gasteiger partial charge >= 0.3 is 5.97 Å². The molecule has 0 bridgehead atoms. The number of Topliss-reactive ketones (excluding diaryl/α,β-unsaturated/α-hetero) is 1. The van der Waals surface area contributed by atoms with Gasteiger partial charge in [-0.1, -0.05) is 15.9 Å². The number of β-lactam (4-membered cyclic amide) rings is 1. The maximum absolute atomic E-state index is 11.8. The number of carboxylic acid groups (broad SMARTS) is 1. The Morgan fingerprint density at radius 1 is 1.50 bits per heavy atom. The molecule has 0 saturated carbocycles. The van der Waals surface area contributed by atoms with Crippen LogP contribution in [0.3, 0.4) is 0 Å². The van der Waals surface area contributed by atoms with Crippen LogP contribution in [0, 0.1) is 0 Å². The van der Waals surface area contributed by atoms with Crippen molar-refractivity contribution in [3.63, 3.8) is 0 Å². The second kappa shape index (κ2) is 5.96. The Balaban J connectivity index is 1.95. The first-order valence-corrected chi connectivity index (χ1v) is 7.86. The molecule has 2 amide bonds. The van der Waals surface area contributed by atoms with Crippen molar-refractivity contribution in [2.75, 3.05) is 11.1 Å². The fourth-order valence-corrected chi connectivity index (χ4v) is 3.33. The standard InChI is InChI=1S/C11H11BrN2O5S/c12-2-6(15)1-7(16)13-8-9(17)14-3-5(11(18)19)4-20-10(8)14/h3,8,10H,1-2,4H2,(H,13,16)(H,18,19)/t8?,10-/m1/s1. The van der Waals surface area contributed by atoms with E-state index in [1.54, 1.807) is 0 Å². The van der Waals surface area contributed by atoms with E-state index >= 15 is 0 Å². The Kier molecular flexibility index (Phi) is 4.48. The average molecular weight is 363 g/mol. The minimum absolute atomic E-state index is 0.0913. The number of rotatable bonds is 5. The number of ketones is 1. The van der Waals surface area contributed by atoms with Crippen LogP contribution in [0.4, 0.5) is 0 Å². The maximum atomic E-state index is 11.8. The number of fused-ring (bicyclic) bond motifs is 1. The number of hydrogen-bond acceptors (Lipinski definition) is 5. The molecule has 0 aromatic heterocycles. The first-order chi connectivity index (χ1) is 9.43. The molecule has 2 aliphatic heterocycles. The second-order valence-electron chi connectivity index (χ2n) is 4.30. The molecule has 2 N–H and O–H groups in total. The molecule has 1 saturated heterocycles. The SMILES string of the molecule is O=C(CBr)CC(=O)NC1C(=O)N2C=C(C(=O)O)CS[C@H]12. The van der Waals surface area contributed by atoms with Gasteiger partial charge in [0.1, 0.15) is 11.4 Å². The van der Waals surface area contributed by atoms with Gasteiger partial charge in [0.2, 0.25) is 5.91 Å². The zero-order valence-electron chi connectivity index (χ0n) is 10.2. The third-order valence-corrected chi connectivity index (χ3v) is 4.83. The predicted octanol–water partition coefficient (Wildman–Crippen LogP) is -0.291. The predicted molar refractivity (Wildman–Crippen MR) is 74.2 cm³/mol. The molecule has 7 nitrogen and oxygen atoms in total. The fraction of sp³-hybridized carbons (Fsp3) is 0.455. The molecule has 20 heavy (non-hydrogen) atoms. The number of nitrogens with one attached hydrogen (secondary N) is 1. The quantitative estimate of drug-likeness (QED) is 0.395. The van der Waals surface area contributed by atoms with Crippen molar-refractivity contribution in [3.05, 3.63) is 11.8 Å². The van der Waals surface area contributed by atoms with Crippen LogP contribution in [-0.4, -0.2) is 56.1 Å². The molecule has 2 heterocycles. The van der Waals surface area contributed by atoms with E-state index in [9.17, 15) is 19.2 Å². The number of amides is 2. The molecule has 0 aromatic rings. The monoisotopic (exact) mass is 362 g/mol. The number of hydrogen-bond donors (Lipinski definition) is 2. The summed E-state index contributed by atoms with van der Waals surface area (Å²) in [5, 5.41) is 11.2. The molecular weight excluding hydrogens is 352 g/mol. The fourth-order valence-electron chi connectivity index (χ4n) is 1.88.